The number of hydrogen-bond donors (Lipinski definition) is 3. The summed E-state index contributed by atoms with van der Waals surface area (Å²) in [5.74, 6) is -1.36. The average molecular weight is 288 g/mol. The molecule has 0 radical (unpaired) electrons. The van der Waals surface area contributed by atoms with Gasteiger partial charge in [0.2, 0.25) is 5.91 Å². The molecule has 4 N–H and O–H groups in total. The number of aliphatic hydroxyl groups is 1. The van der Waals surface area contributed by atoms with Crippen LogP contribution in [0.2, 0.25) is 0 Å². The first kappa shape index (κ1) is 12.6. The molecule has 6 nitrogen and oxygen atoms in total. The quantitative estimate of drug-likeness (QED) is 0.689. The van der Waals surface area contributed by atoms with E-state index in [9.17, 15) is 9.59 Å². The van der Waals surface area contributed by atoms with E-state index in [1.54, 1.807) is 6.07 Å². The number of carbonyl (C=O) groups excluding carboxylic acids is 2. The molecule has 0 bridgehead atoms. The largest absolute Gasteiger partial charge is 0.381 e. The second-order valence-corrected chi connectivity index (χ2v) is 3.91. The molecule has 1 aromatic rings. The Kier molecular flexibility index (Phi) is 4.39. The monoisotopic (exact) mass is 287 g/mol. The van der Waals surface area contributed by atoms with Crippen LogP contribution in [-0.4, -0.2) is 34.6 Å². The molecule has 0 fully saturated rings. The van der Waals surface area contributed by atoms with Crippen molar-refractivity contribution in [2.45, 2.75) is 6.10 Å². The van der Waals surface area contributed by atoms with E-state index >= 15 is 0 Å². The molecular formula is C9H10BrN3O3. The van der Waals surface area contributed by atoms with Gasteiger partial charge in [-0.15, -0.1) is 0 Å². The van der Waals surface area contributed by atoms with E-state index in [-0.39, 0.29) is 12.2 Å². The predicted molar refractivity (Wildman–Crippen MR) is 59.5 cm³/mol. The highest BCUT2D eigenvalue weighted by atomic mass is 79.9. The van der Waals surface area contributed by atoms with E-state index < -0.39 is 17.9 Å². The summed E-state index contributed by atoms with van der Waals surface area (Å²) in [5, 5.41) is 11.4. The van der Waals surface area contributed by atoms with Crippen molar-refractivity contribution in [3.8, 4) is 0 Å². The minimum atomic E-state index is -1.39. The maximum atomic E-state index is 11.4. The molecule has 0 aliphatic rings. The van der Waals surface area contributed by atoms with E-state index in [1.165, 1.54) is 12.3 Å². The molecule has 0 aliphatic heterocycles. The Bertz CT molecular complexity index is 393. The van der Waals surface area contributed by atoms with Gasteiger partial charge in [0.25, 0.3) is 5.91 Å². The normalized spacial score (nSPS) is 11.9. The molecule has 2 amide bonds. The van der Waals surface area contributed by atoms with Crippen molar-refractivity contribution in [2.24, 2.45) is 5.73 Å². The number of carbonyl (C=O) groups is 2. The summed E-state index contributed by atoms with van der Waals surface area (Å²) < 4.78 is 0.751. The Morgan fingerprint density at radius 1 is 1.56 bits per heavy atom. The van der Waals surface area contributed by atoms with Gasteiger partial charge in [0, 0.05) is 10.7 Å². The van der Waals surface area contributed by atoms with Crippen molar-refractivity contribution in [3.05, 3.63) is 28.5 Å². The van der Waals surface area contributed by atoms with Gasteiger partial charge >= 0.3 is 0 Å². The van der Waals surface area contributed by atoms with Crippen LogP contribution >= 0.6 is 15.9 Å². The average Bonchev–Trinajstić information content (AvgIpc) is 2.26. The lowest BCUT2D eigenvalue weighted by atomic mass is 10.3. The Balaban J connectivity index is 2.53. The van der Waals surface area contributed by atoms with Gasteiger partial charge < -0.3 is 16.2 Å². The Morgan fingerprint density at radius 3 is 2.75 bits per heavy atom. The number of aliphatic hydroxyl groups excluding tert-OH is 1. The molecule has 0 spiro atoms. The maximum Gasteiger partial charge on any atom is 0.269 e. The Morgan fingerprint density at radius 2 is 2.25 bits per heavy atom. The van der Waals surface area contributed by atoms with Crippen molar-refractivity contribution >= 4 is 27.7 Å². The fourth-order valence-corrected chi connectivity index (χ4v) is 1.13. The fourth-order valence-electron chi connectivity index (χ4n) is 0.891. The minimum absolute atomic E-state index is 0.194. The van der Waals surface area contributed by atoms with Gasteiger partial charge in [-0.25, -0.2) is 4.98 Å². The number of rotatable bonds is 4. The van der Waals surface area contributed by atoms with Gasteiger partial charge in [-0.2, -0.15) is 0 Å². The topological polar surface area (TPSA) is 105 Å². The second-order valence-electron chi connectivity index (χ2n) is 2.99. The molecule has 1 rings (SSSR count). The maximum absolute atomic E-state index is 11.4. The molecule has 0 aromatic carbocycles. The van der Waals surface area contributed by atoms with E-state index in [0.717, 1.165) is 4.47 Å². The summed E-state index contributed by atoms with van der Waals surface area (Å²) >= 11 is 3.18. The first-order valence-electron chi connectivity index (χ1n) is 4.38. The van der Waals surface area contributed by atoms with Gasteiger partial charge in [0.05, 0.1) is 6.54 Å². The third kappa shape index (κ3) is 3.59. The van der Waals surface area contributed by atoms with Gasteiger partial charge in [-0.05, 0) is 28.1 Å². The van der Waals surface area contributed by atoms with Crippen LogP contribution < -0.4 is 11.1 Å². The minimum Gasteiger partial charge on any atom is -0.381 e. The van der Waals surface area contributed by atoms with Crippen molar-refractivity contribution < 1.29 is 14.7 Å². The van der Waals surface area contributed by atoms with Crippen LogP contribution in [0.1, 0.15) is 10.5 Å². The lowest BCUT2D eigenvalue weighted by molar-refractivity contribution is -0.125. The summed E-state index contributed by atoms with van der Waals surface area (Å²) in [6.07, 6.45) is 0.0822. The van der Waals surface area contributed by atoms with E-state index in [1.807, 2.05) is 0 Å². The molecule has 1 unspecified atom stereocenters. The second kappa shape index (κ2) is 5.57. The SMILES string of the molecule is NC(=O)C(O)CNC(=O)c1ccc(Br)cn1. The van der Waals surface area contributed by atoms with Crippen LogP contribution in [0.25, 0.3) is 0 Å². The molecule has 0 saturated heterocycles. The lowest BCUT2D eigenvalue weighted by Gasteiger charge is -2.07. The van der Waals surface area contributed by atoms with Crippen LogP contribution in [0.15, 0.2) is 22.8 Å². The summed E-state index contributed by atoms with van der Waals surface area (Å²) in [6.45, 7) is -0.230. The number of halogens is 1. The van der Waals surface area contributed by atoms with Crippen molar-refractivity contribution in [1.29, 1.82) is 0 Å². The predicted octanol–water partition coefficient (Wildman–Crippen LogP) is -0.580. The van der Waals surface area contributed by atoms with E-state index in [2.05, 4.69) is 26.2 Å². The molecule has 7 heteroatoms. The van der Waals surface area contributed by atoms with E-state index in [0.29, 0.717) is 0 Å². The van der Waals surface area contributed by atoms with Gasteiger partial charge in [-0.3, -0.25) is 9.59 Å². The number of primary amides is 1. The molecule has 1 atom stereocenters. The first-order chi connectivity index (χ1) is 7.50. The third-order valence-corrected chi connectivity index (χ3v) is 2.21. The number of amides is 2. The summed E-state index contributed by atoms with van der Waals surface area (Å²) in [7, 11) is 0. The highest BCUT2D eigenvalue weighted by Gasteiger charge is 2.13. The number of pyridine rings is 1. The number of nitrogens with two attached hydrogens (primary N) is 1. The lowest BCUT2D eigenvalue weighted by Crippen LogP contribution is -2.40. The zero-order valence-electron chi connectivity index (χ0n) is 8.18. The summed E-state index contributed by atoms with van der Waals surface area (Å²) in [4.78, 5) is 25.8. The third-order valence-electron chi connectivity index (χ3n) is 1.74. The number of nitrogens with zero attached hydrogens (tertiary/aromatic N) is 1. The molecule has 1 heterocycles. The fraction of sp³-hybridized carbons (Fsp3) is 0.222. The number of hydrogen-bond acceptors (Lipinski definition) is 4. The molecule has 86 valence electrons. The van der Waals surface area contributed by atoms with Gasteiger partial charge in [0.1, 0.15) is 11.8 Å². The molecular weight excluding hydrogens is 278 g/mol. The number of aromatic nitrogens is 1. The van der Waals surface area contributed by atoms with Crippen LogP contribution in [0.5, 0.6) is 0 Å². The summed E-state index contributed by atoms with van der Waals surface area (Å²) in [5.41, 5.74) is 5.01. The first-order valence-corrected chi connectivity index (χ1v) is 5.17. The highest BCUT2D eigenvalue weighted by Crippen LogP contribution is 2.07. The molecule has 1 aromatic heterocycles. The van der Waals surface area contributed by atoms with Crippen LogP contribution in [0.4, 0.5) is 0 Å². The molecule has 16 heavy (non-hydrogen) atoms. The van der Waals surface area contributed by atoms with Gasteiger partial charge in [-0.1, -0.05) is 0 Å². The van der Waals surface area contributed by atoms with Crippen LogP contribution in [-0.2, 0) is 4.79 Å². The zero-order chi connectivity index (χ0) is 12.1. The van der Waals surface area contributed by atoms with Crippen LogP contribution in [0.3, 0.4) is 0 Å². The van der Waals surface area contributed by atoms with Gasteiger partial charge in [0.15, 0.2) is 0 Å². The van der Waals surface area contributed by atoms with Crippen molar-refractivity contribution in [3.63, 3.8) is 0 Å². The molecule has 0 aliphatic carbocycles. The highest BCUT2D eigenvalue weighted by molar-refractivity contribution is 9.10. The van der Waals surface area contributed by atoms with Crippen molar-refractivity contribution in [1.82, 2.24) is 10.3 Å². The molecule has 0 saturated carbocycles. The Labute approximate surface area is 100.0 Å². The summed E-state index contributed by atoms with van der Waals surface area (Å²) in [6, 6.07) is 3.17. The smallest absolute Gasteiger partial charge is 0.269 e. The standard InChI is InChI=1S/C9H10BrN3O3/c10-5-1-2-6(12-3-5)9(16)13-4-7(14)8(11)15/h1-3,7,14H,4H2,(H2,11,15)(H,13,16). The number of nitrogens with one attached hydrogen (secondary N) is 1. The van der Waals surface area contributed by atoms with Crippen LogP contribution in [0, 0.1) is 0 Å². The Hall–Kier alpha value is -1.47. The zero-order valence-corrected chi connectivity index (χ0v) is 9.77. The van der Waals surface area contributed by atoms with E-state index in [4.69, 9.17) is 10.8 Å². The van der Waals surface area contributed by atoms with Crippen molar-refractivity contribution in [2.75, 3.05) is 6.54 Å².